The second-order valence-corrected chi connectivity index (χ2v) is 7.18. The molecule has 0 bridgehead atoms. The Kier molecular flexibility index (Phi) is 5.84. The summed E-state index contributed by atoms with van der Waals surface area (Å²) < 4.78 is 28.0. The summed E-state index contributed by atoms with van der Waals surface area (Å²) in [6, 6.07) is 8.35. The molecule has 0 saturated carbocycles. The van der Waals surface area contributed by atoms with Crippen molar-refractivity contribution >= 4 is 28.8 Å². The second-order valence-electron chi connectivity index (χ2n) is 6.20. The Morgan fingerprint density at radius 2 is 1.93 bits per heavy atom. The molecular weight excluding hydrogens is 386 g/mol. The van der Waals surface area contributed by atoms with E-state index in [0.717, 1.165) is 28.4 Å². The van der Waals surface area contributed by atoms with Gasteiger partial charge in [0.25, 0.3) is 0 Å². The molecule has 0 radical (unpaired) electrons. The van der Waals surface area contributed by atoms with Crippen molar-refractivity contribution in [1.29, 1.82) is 0 Å². The van der Waals surface area contributed by atoms with E-state index in [1.165, 1.54) is 17.4 Å². The van der Waals surface area contributed by atoms with Crippen LogP contribution in [0.1, 0.15) is 22.3 Å². The molecule has 0 aliphatic rings. The van der Waals surface area contributed by atoms with Crippen molar-refractivity contribution in [2.24, 2.45) is 0 Å². The minimum Gasteiger partial charge on any atom is -0.345 e. The molecule has 0 saturated heterocycles. The number of aromatic nitrogens is 2. The minimum atomic E-state index is -1.11. The van der Waals surface area contributed by atoms with Crippen LogP contribution in [0.4, 0.5) is 14.5 Å². The smallest absolute Gasteiger partial charge is 0.313 e. The third-order valence-corrected chi connectivity index (χ3v) is 5.02. The fourth-order valence-corrected chi connectivity index (χ4v) is 3.59. The SMILES string of the molecule is Cc1cc(C)n(C(CNC(=O)C(=O)Nc2ccc(F)c(F)c2)c2cccs2)n1. The topological polar surface area (TPSA) is 76.0 Å². The van der Waals surface area contributed by atoms with Gasteiger partial charge in [0, 0.05) is 28.9 Å². The fourth-order valence-electron chi connectivity index (χ4n) is 2.78. The zero-order valence-corrected chi connectivity index (χ0v) is 16.0. The van der Waals surface area contributed by atoms with Crippen LogP contribution in [0.15, 0.2) is 41.8 Å². The number of carbonyl (C=O) groups is 2. The normalized spacial score (nSPS) is 11.9. The number of rotatable bonds is 5. The Balaban J connectivity index is 1.68. The Hall–Kier alpha value is -3.07. The van der Waals surface area contributed by atoms with Crippen LogP contribution in [0.25, 0.3) is 0 Å². The molecule has 0 aliphatic carbocycles. The van der Waals surface area contributed by atoms with E-state index in [4.69, 9.17) is 0 Å². The van der Waals surface area contributed by atoms with Crippen LogP contribution in [0, 0.1) is 25.5 Å². The van der Waals surface area contributed by atoms with Crippen molar-refractivity contribution in [3.63, 3.8) is 0 Å². The molecule has 0 fully saturated rings. The number of carbonyl (C=O) groups excluding carboxylic acids is 2. The van der Waals surface area contributed by atoms with Crippen molar-refractivity contribution < 1.29 is 18.4 Å². The molecule has 3 rings (SSSR count). The van der Waals surface area contributed by atoms with E-state index in [2.05, 4.69) is 15.7 Å². The van der Waals surface area contributed by atoms with Crippen molar-refractivity contribution in [2.45, 2.75) is 19.9 Å². The summed E-state index contributed by atoms with van der Waals surface area (Å²) in [6.07, 6.45) is 0. The van der Waals surface area contributed by atoms with E-state index in [0.29, 0.717) is 0 Å². The standard InChI is InChI=1S/C19H18F2N4O2S/c1-11-8-12(2)25(24-11)16(17-4-3-7-28-17)10-22-18(26)19(27)23-13-5-6-14(20)15(21)9-13/h3-9,16H,10H2,1-2H3,(H,22,26)(H,23,27). The van der Waals surface area contributed by atoms with Crippen LogP contribution in [-0.4, -0.2) is 28.1 Å². The lowest BCUT2D eigenvalue weighted by Gasteiger charge is -2.18. The van der Waals surface area contributed by atoms with Gasteiger partial charge in [-0.15, -0.1) is 11.3 Å². The highest BCUT2D eigenvalue weighted by atomic mass is 32.1. The van der Waals surface area contributed by atoms with Crippen LogP contribution in [0.5, 0.6) is 0 Å². The average Bonchev–Trinajstić information content (AvgIpc) is 3.28. The molecule has 1 unspecified atom stereocenters. The maximum atomic E-state index is 13.2. The number of benzene rings is 1. The van der Waals surface area contributed by atoms with Gasteiger partial charge in [0.05, 0.1) is 5.69 Å². The third-order valence-electron chi connectivity index (χ3n) is 4.05. The molecule has 1 aromatic carbocycles. The number of hydrogen-bond donors (Lipinski definition) is 2. The van der Waals surface area contributed by atoms with Gasteiger partial charge in [-0.3, -0.25) is 14.3 Å². The number of amides is 2. The maximum Gasteiger partial charge on any atom is 0.313 e. The first-order valence-corrected chi connectivity index (χ1v) is 9.33. The first-order chi connectivity index (χ1) is 13.3. The van der Waals surface area contributed by atoms with Crippen LogP contribution in [0.3, 0.4) is 0 Å². The fraction of sp³-hybridized carbons (Fsp3) is 0.211. The monoisotopic (exact) mass is 404 g/mol. The van der Waals surface area contributed by atoms with Gasteiger partial charge >= 0.3 is 11.8 Å². The van der Waals surface area contributed by atoms with Crippen LogP contribution in [-0.2, 0) is 9.59 Å². The summed E-state index contributed by atoms with van der Waals surface area (Å²) in [5.41, 5.74) is 1.77. The molecule has 146 valence electrons. The van der Waals surface area contributed by atoms with Gasteiger partial charge < -0.3 is 10.6 Å². The van der Waals surface area contributed by atoms with Crippen molar-refractivity contribution in [2.75, 3.05) is 11.9 Å². The lowest BCUT2D eigenvalue weighted by Crippen LogP contribution is -2.39. The zero-order chi connectivity index (χ0) is 20.3. The maximum absolute atomic E-state index is 13.2. The number of hydrogen-bond acceptors (Lipinski definition) is 4. The predicted octanol–water partition coefficient (Wildman–Crippen LogP) is 3.18. The lowest BCUT2D eigenvalue weighted by atomic mass is 10.2. The molecule has 28 heavy (non-hydrogen) atoms. The van der Waals surface area contributed by atoms with Gasteiger partial charge in [-0.25, -0.2) is 8.78 Å². The Labute approximate surface area is 164 Å². The van der Waals surface area contributed by atoms with E-state index in [1.807, 2.05) is 37.4 Å². The largest absolute Gasteiger partial charge is 0.345 e. The van der Waals surface area contributed by atoms with Crippen molar-refractivity contribution in [3.8, 4) is 0 Å². The summed E-state index contributed by atoms with van der Waals surface area (Å²) in [6.45, 7) is 3.94. The van der Waals surface area contributed by atoms with Gasteiger partial charge in [-0.1, -0.05) is 6.07 Å². The van der Waals surface area contributed by atoms with Crippen molar-refractivity contribution in [1.82, 2.24) is 15.1 Å². The number of thiophene rings is 1. The molecule has 2 N–H and O–H groups in total. The number of aryl methyl sites for hydroxylation is 2. The summed E-state index contributed by atoms with van der Waals surface area (Å²) in [5, 5.41) is 11.2. The molecule has 2 aromatic heterocycles. The summed E-state index contributed by atoms with van der Waals surface area (Å²) in [5.74, 6) is -4.00. The second kappa shape index (κ2) is 8.30. The highest BCUT2D eigenvalue weighted by Crippen LogP contribution is 2.24. The van der Waals surface area contributed by atoms with Crippen LogP contribution in [0.2, 0.25) is 0 Å². The highest BCUT2D eigenvalue weighted by Gasteiger charge is 2.21. The molecule has 9 heteroatoms. The first kappa shape index (κ1) is 19.7. The van der Waals surface area contributed by atoms with Gasteiger partial charge in [-0.2, -0.15) is 5.10 Å². The van der Waals surface area contributed by atoms with Gasteiger partial charge in [0.2, 0.25) is 0 Å². The van der Waals surface area contributed by atoms with E-state index in [1.54, 1.807) is 4.68 Å². The van der Waals surface area contributed by atoms with Gasteiger partial charge in [0.1, 0.15) is 6.04 Å². The molecule has 6 nitrogen and oxygen atoms in total. The van der Waals surface area contributed by atoms with E-state index >= 15 is 0 Å². The average molecular weight is 404 g/mol. The van der Waals surface area contributed by atoms with Gasteiger partial charge in [-0.05, 0) is 43.5 Å². The first-order valence-electron chi connectivity index (χ1n) is 8.45. The van der Waals surface area contributed by atoms with Crippen LogP contribution < -0.4 is 10.6 Å². The Bertz CT molecular complexity index is 1000. The molecule has 1 atom stereocenters. The molecular formula is C19H18F2N4O2S. The minimum absolute atomic E-state index is 0.00703. The number of nitrogens with zero attached hydrogens (tertiary/aromatic N) is 2. The van der Waals surface area contributed by atoms with Crippen molar-refractivity contribution in [3.05, 3.63) is 69.7 Å². The van der Waals surface area contributed by atoms with Gasteiger partial charge in [0.15, 0.2) is 11.6 Å². The predicted molar refractivity (Wildman–Crippen MR) is 102 cm³/mol. The summed E-state index contributed by atoms with van der Waals surface area (Å²) in [7, 11) is 0. The summed E-state index contributed by atoms with van der Waals surface area (Å²) in [4.78, 5) is 25.2. The zero-order valence-electron chi connectivity index (χ0n) is 15.2. The number of halogens is 2. The number of nitrogens with one attached hydrogen (secondary N) is 2. The highest BCUT2D eigenvalue weighted by molar-refractivity contribution is 7.10. The van der Waals surface area contributed by atoms with Crippen LogP contribution >= 0.6 is 11.3 Å². The third kappa shape index (κ3) is 4.42. The Morgan fingerprint density at radius 1 is 1.14 bits per heavy atom. The van der Waals surface area contributed by atoms with E-state index in [-0.39, 0.29) is 18.3 Å². The Morgan fingerprint density at radius 3 is 2.54 bits per heavy atom. The number of anilines is 1. The van der Waals surface area contributed by atoms with E-state index < -0.39 is 23.4 Å². The molecule has 2 amide bonds. The molecule has 0 spiro atoms. The quantitative estimate of drug-likeness (QED) is 0.642. The summed E-state index contributed by atoms with van der Waals surface area (Å²) >= 11 is 1.52. The molecule has 0 aliphatic heterocycles. The molecule has 2 heterocycles. The van der Waals surface area contributed by atoms with E-state index in [9.17, 15) is 18.4 Å². The lowest BCUT2D eigenvalue weighted by molar-refractivity contribution is -0.136. The molecule has 3 aromatic rings.